The molecule has 2 heterocycles. The molecule has 22 heavy (non-hydrogen) atoms. The fraction of sp³-hybridized carbons (Fsp3) is 0.765. The summed E-state index contributed by atoms with van der Waals surface area (Å²) in [6.07, 6.45) is 4.17. The Morgan fingerprint density at radius 1 is 1.36 bits per heavy atom. The molecule has 1 aliphatic carbocycles. The number of hydrogen-bond donors (Lipinski definition) is 0. The minimum Gasteiger partial charge on any atom is -0.336 e. The average molecular weight is 304 g/mol. The van der Waals surface area contributed by atoms with Gasteiger partial charge in [0.2, 0.25) is 5.91 Å². The second-order valence-corrected chi connectivity index (χ2v) is 7.36. The maximum atomic E-state index is 12.4. The molecule has 1 aromatic rings. The first-order chi connectivity index (χ1) is 10.5. The summed E-state index contributed by atoms with van der Waals surface area (Å²) in [7, 11) is 4.16. The van der Waals surface area contributed by atoms with Gasteiger partial charge < -0.3 is 9.80 Å². The molecule has 0 aromatic carbocycles. The van der Waals surface area contributed by atoms with E-state index in [1.165, 1.54) is 29.8 Å². The first-order valence-corrected chi connectivity index (χ1v) is 8.47. The summed E-state index contributed by atoms with van der Waals surface area (Å²) in [5, 5.41) is 4.84. The van der Waals surface area contributed by atoms with Gasteiger partial charge in [-0.2, -0.15) is 5.10 Å². The third-order valence-corrected chi connectivity index (χ3v) is 4.64. The van der Waals surface area contributed by atoms with Crippen molar-refractivity contribution in [1.29, 1.82) is 0 Å². The molecule has 0 spiro atoms. The highest BCUT2D eigenvalue weighted by molar-refractivity contribution is 5.77. The number of hydrogen-bond acceptors (Lipinski definition) is 3. The number of aromatic nitrogens is 2. The lowest BCUT2D eigenvalue weighted by Gasteiger charge is -2.29. The molecule has 0 N–H and O–H groups in total. The molecule has 1 aromatic heterocycles. The Bertz CT molecular complexity index is 557. The van der Waals surface area contributed by atoms with Crippen LogP contribution in [0.1, 0.15) is 56.1 Å². The molecule has 1 saturated carbocycles. The lowest BCUT2D eigenvalue weighted by molar-refractivity contribution is -0.132. The Balaban J connectivity index is 1.81. The van der Waals surface area contributed by atoms with Crippen LogP contribution in [-0.2, 0) is 24.3 Å². The van der Waals surface area contributed by atoms with Gasteiger partial charge in [-0.05, 0) is 53.1 Å². The maximum absolute atomic E-state index is 12.4. The van der Waals surface area contributed by atoms with Crippen LogP contribution >= 0.6 is 0 Å². The van der Waals surface area contributed by atoms with Crippen LogP contribution in [-0.4, -0.2) is 46.1 Å². The molecule has 3 rings (SSSR count). The predicted molar refractivity (Wildman–Crippen MR) is 86.5 cm³/mol. The van der Waals surface area contributed by atoms with E-state index in [1.54, 1.807) is 0 Å². The molecular weight excluding hydrogens is 276 g/mol. The van der Waals surface area contributed by atoms with E-state index >= 15 is 0 Å². The summed E-state index contributed by atoms with van der Waals surface area (Å²) in [5.74, 6) is 0.993. The summed E-state index contributed by atoms with van der Waals surface area (Å²) in [5.41, 5.74) is 3.81. The molecule has 1 amide bonds. The van der Waals surface area contributed by atoms with Gasteiger partial charge in [0.15, 0.2) is 0 Å². The minimum atomic E-state index is 0.332. The van der Waals surface area contributed by atoms with E-state index in [-0.39, 0.29) is 0 Å². The highest BCUT2D eigenvalue weighted by atomic mass is 16.2. The number of amides is 1. The van der Waals surface area contributed by atoms with Gasteiger partial charge in [0.1, 0.15) is 0 Å². The van der Waals surface area contributed by atoms with Crippen molar-refractivity contribution in [3.8, 4) is 0 Å². The lowest BCUT2D eigenvalue weighted by Crippen LogP contribution is -2.37. The van der Waals surface area contributed by atoms with Crippen LogP contribution < -0.4 is 0 Å². The average Bonchev–Trinajstić information content (AvgIpc) is 3.19. The van der Waals surface area contributed by atoms with Crippen molar-refractivity contribution in [2.45, 2.75) is 58.7 Å². The first kappa shape index (κ1) is 15.5. The number of fused-ring (bicyclic) bond motifs is 1. The van der Waals surface area contributed by atoms with Crippen LogP contribution in [0.25, 0.3) is 0 Å². The van der Waals surface area contributed by atoms with Crippen LogP contribution in [0.15, 0.2) is 0 Å². The van der Waals surface area contributed by atoms with E-state index in [9.17, 15) is 4.79 Å². The summed E-state index contributed by atoms with van der Waals surface area (Å²) >= 11 is 0. The van der Waals surface area contributed by atoms with Crippen molar-refractivity contribution < 1.29 is 4.79 Å². The smallest absolute Gasteiger partial charge is 0.223 e. The van der Waals surface area contributed by atoms with Crippen molar-refractivity contribution in [2.24, 2.45) is 5.92 Å². The Hall–Kier alpha value is -1.36. The third-order valence-electron chi connectivity index (χ3n) is 4.64. The van der Waals surface area contributed by atoms with Crippen molar-refractivity contribution in [1.82, 2.24) is 19.6 Å². The minimum absolute atomic E-state index is 0.332. The zero-order valence-corrected chi connectivity index (χ0v) is 14.3. The van der Waals surface area contributed by atoms with Gasteiger partial charge in [-0.1, -0.05) is 0 Å². The molecule has 0 bridgehead atoms. The lowest BCUT2D eigenvalue weighted by atomic mass is 10.0. The molecule has 0 unspecified atom stereocenters. The Morgan fingerprint density at radius 3 is 2.68 bits per heavy atom. The number of nitrogens with zero attached hydrogens (tertiary/aromatic N) is 4. The highest BCUT2D eigenvalue weighted by Crippen LogP contribution is 2.34. The summed E-state index contributed by atoms with van der Waals surface area (Å²) < 4.78 is 2.13. The van der Waals surface area contributed by atoms with Gasteiger partial charge in [-0.15, -0.1) is 0 Å². The van der Waals surface area contributed by atoms with E-state index in [2.05, 4.69) is 37.5 Å². The van der Waals surface area contributed by atoms with E-state index in [4.69, 9.17) is 5.10 Å². The number of rotatable bonds is 5. The zero-order chi connectivity index (χ0) is 15.9. The van der Waals surface area contributed by atoms with E-state index in [0.29, 0.717) is 17.9 Å². The van der Waals surface area contributed by atoms with Crippen LogP contribution in [0.3, 0.4) is 0 Å². The summed E-state index contributed by atoms with van der Waals surface area (Å²) in [4.78, 5) is 16.6. The topological polar surface area (TPSA) is 41.4 Å². The van der Waals surface area contributed by atoms with E-state index in [1.807, 2.05) is 4.90 Å². The highest BCUT2D eigenvalue weighted by Gasteiger charge is 2.31. The second kappa shape index (κ2) is 6.03. The maximum Gasteiger partial charge on any atom is 0.223 e. The molecule has 2 aliphatic rings. The first-order valence-electron chi connectivity index (χ1n) is 8.47. The van der Waals surface area contributed by atoms with Gasteiger partial charge in [-0.3, -0.25) is 9.48 Å². The summed E-state index contributed by atoms with van der Waals surface area (Å²) in [6.45, 7) is 6.79. The third kappa shape index (κ3) is 3.19. The van der Waals surface area contributed by atoms with Crippen molar-refractivity contribution in [3.63, 3.8) is 0 Å². The molecule has 0 saturated heterocycles. The second-order valence-electron chi connectivity index (χ2n) is 7.36. The van der Waals surface area contributed by atoms with E-state index in [0.717, 1.165) is 32.5 Å². The van der Waals surface area contributed by atoms with Gasteiger partial charge in [-0.25, -0.2) is 0 Å². The van der Waals surface area contributed by atoms with Crippen LogP contribution in [0.5, 0.6) is 0 Å². The molecule has 1 aliphatic heterocycles. The van der Waals surface area contributed by atoms with Crippen LogP contribution in [0, 0.1) is 5.92 Å². The molecule has 5 nitrogen and oxygen atoms in total. The normalized spacial score (nSPS) is 18.2. The Morgan fingerprint density at radius 2 is 2.09 bits per heavy atom. The summed E-state index contributed by atoms with van der Waals surface area (Å²) in [6, 6.07) is 0.336. The van der Waals surface area contributed by atoms with Crippen molar-refractivity contribution in [2.75, 3.05) is 20.6 Å². The largest absolute Gasteiger partial charge is 0.336 e. The standard InChI is InChI=1S/C17H28N4O/c1-12(2)21-16-11-20(17(22)9-13-5-6-13)8-7-14(16)15(18-21)10-19(3)4/h12-13H,5-11H2,1-4H3. The van der Waals surface area contributed by atoms with Crippen LogP contribution in [0.4, 0.5) is 0 Å². The number of carbonyl (C=O) groups excluding carboxylic acids is 1. The number of carbonyl (C=O) groups is 1. The van der Waals surface area contributed by atoms with Crippen molar-refractivity contribution in [3.05, 3.63) is 17.0 Å². The quantitative estimate of drug-likeness (QED) is 0.837. The zero-order valence-electron chi connectivity index (χ0n) is 14.3. The van der Waals surface area contributed by atoms with Gasteiger partial charge >= 0.3 is 0 Å². The van der Waals surface area contributed by atoms with Gasteiger partial charge in [0.05, 0.1) is 17.9 Å². The molecule has 0 atom stereocenters. The monoisotopic (exact) mass is 304 g/mol. The van der Waals surface area contributed by atoms with Crippen LogP contribution in [0.2, 0.25) is 0 Å². The van der Waals surface area contributed by atoms with Gasteiger partial charge in [0, 0.05) is 31.1 Å². The molecule has 1 fully saturated rings. The Kier molecular flexibility index (Phi) is 4.26. The molecule has 5 heteroatoms. The predicted octanol–water partition coefficient (Wildman–Crippen LogP) is 2.21. The van der Waals surface area contributed by atoms with E-state index < -0.39 is 0 Å². The van der Waals surface area contributed by atoms with Crippen molar-refractivity contribution >= 4 is 5.91 Å². The fourth-order valence-electron chi connectivity index (χ4n) is 3.28. The fourth-order valence-corrected chi connectivity index (χ4v) is 3.28. The molecule has 122 valence electrons. The van der Waals surface area contributed by atoms with Gasteiger partial charge in [0.25, 0.3) is 0 Å². The SMILES string of the molecule is CC(C)n1nc(CN(C)C)c2c1CN(C(=O)CC1CC1)CC2. The Labute approximate surface area is 133 Å². The molecular formula is C17H28N4O. The molecule has 0 radical (unpaired) electrons.